The van der Waals surface area contributed by atoms with Crippen molar-refractivity contribution < 1.29 is 13.2 Å². The molecule has 0 unspecified atom stereocenters. The van der Waals surface area contributed by atoms with Gasteiger partial charge in [0.15, 0.2) is 6.33 Å². The minimum Gasteiger partial charge on any atom is -0.324 e. The Bertz CT molecular complexity index is 516. The molecule has 1 heterocycles. The fraction of sp³-hybridized carbons (Fsp3) is 0.222. The fourth-order valence-electron chi connectivity index (χ4n) is 1.29. The van der Waals surface area contributed by atoms with Crippen molar-refractivity contribution in [3.63, 3.8) is 0 Å². The number of halogens is 4. The Labute approximate surface area is 88.3 Å². The number of benzene rings is 1. The molecule has 0 atom stereocenters. The summed E-state index contributed by atoms with van der Waals surface area (Å²) in [6, 6.07) is 1.87. The summed E-state index contributed by atoms with van der Waals surface area (Å²) >= 11 is 5.69. The van der Waals surface area contributed by atoms with E-state index in [1.165, 1.54) is 4.57 Å². The van der Waals surface area contributed by atoms with Gasteiger partial charge in [0, 0.05) is 7.05 Å². The van der Waals surface area contributed by atoms with Crippen LogP contribution in [0.2, 0.25) is 5.02 Å². The Morgan fingerprint density at radius 2 is 2.07 bits per heavy atom. The van der Waals surface area contributed by atoms with Crippen LogP contribution in [0.15, 0.2) is 12.1 Å². The summed E-state index contributed by atoms with van der Waals surface area (Å²) in [5.41, 5.74) is -0.140. The van der Waals surface area contributed by atoms with Crippen LogP contribution >= 0.6 is 11.6 Å². The molecule has 1 radical (unpaired) electrons. The van der Waals surface area contributed by atoms with Crippen molar-refractivity contribution in [3.8, 4) is 0 Å². The van der Waals surface area contributed by atoms with Crippen molar-refractivity contribution in [1.82, 2.24) is 9.55 Å². The van der Waals surface area contributed by atoms with Gasteiger partial charge in [-0.2, -0.15) is 13.2 Å². The normalized spacial score (nSPS) is 12.3. The molecular formula is C9H5ClF3N2. The van der Waals surface area contributed by atoms with Crippen LogP contribution in [0.1, 0.15) is 5.56 Å². The molecule has 2 rings (SSSR count). The highest BCUT2D eigenvalue weighted by atomic mass is 35.5. The average molecular weight is 234 g/mol. The van der Waals surface area contributed by atoms with E-state index in [2.05, 4.69) is 11.3 Å². The van der Waals surface area contributed by atoms with E-state index in [-0.39, 0.29) is 5.02 Å². The molecule has 0 saturated heterocycles. The summed E-state index contributed by atoms with van der Waals surface area (Å²) in [5.74, 6) is 0. The smallest absolute Gasteiger partial charge is 0.324 e. The second-order valence-corrected chi connectivity index (χ2v) is 3.50. The van der Waals surface area contributed by atoms with Gasteiger partial charge in [0.05, 0.1) is 16.1 Å². The van der Waals surface area contributed by atoms with Gasteiger partial charge < -0.3 is 4.57 Å². The minimum absolute atomic E-state index is 0.0170. The van der Waals surface area contributed by atoms with Crippen molar-refractivity contribution in [2.75, 3.05) is 0 Å². The summed E-state index contributed by atoms with van der Waals surface area (Å²) in [4.78, 5) is 3.78. The van der Waals surface area contributed by atoms with Gasteiger partial charge in [0.25, 0.3) is 0 Å². The third kappa shape index (κ3) is 1.67. The quantitative estimate of drug-likeness (QED) is 0.684. The predicted octanol–water partition coefficient (Wildman–Crippen LogP) is 3.05. The molecule has 6 heteroatoms. The maximum Gasteiger partial charge on any atom is 0.416 e. The molecule has 0 aliphatic rings. The van der Waals surface area contributed by atoms with Crippen LogP contribution in [0.5, 0.6) is 0 Å². The zero-order valence-electron chi connectivity index (χ0n) is 7.56. The van der Waals surface area contributed by atoms with Crippen molar-refractivity contribution in [2.24, 2.45) is 7.05 Å². The highest BCUT2D eigenvalue weighted by Gasteiger charge is 2.31. The van der Waals surface area contributed by atoms with Gasteiger partial charge in [-0.1, -0.05) is 11.6 Å². The van der Waals surface area contributed by atoms with E-state index in [0.29, 0.717) is 11.0 Å². The van der Waals surface area contributed by atoms with Gasteiger partial charge in [-0.25, -0.2) is 4.98 Å². The first-order valence-electron chi connectivity index (χ1n) is 4.00. The number of rotatable bonds is 0. The number of hydrogen-bond acceptors (Lipinski definition) is 1. The molecule has 0 N–H and O–H groups in total. The number of aromatic nitrogens is 2. The number of hydrogen-bond donors (Lipinski definition) is 0. The molecule has 0 spiro atoms. The van der Waals surface area contributed by atoms with E-state index in [1.807, 2.05) is 0 Å². The first-order chi connectivity index (χ1) is 6.89. The van der Waals surface area contributed by atoms with Crippen LogP contribution in [-0.2, 0) is 13.2 Å². The minimum atomic E-state index is -4.40. The van der Waals surface area contributed by atoms with Crippen LogP contribution in [0.4, 0.5) is 13.2 Å². The van der Waals surface area contributed by atoms with E-state index in [9.17, 15) is 13.2 Å². The van der Waals surface area contributed by atoms with Crippen LogP contribution in [0.3, 0.4) is 0 Å². The number of imidazole rings is 1. The van der Waals surface area contributed by atoms with Crippen molar-refractivity contribution >= 4 is 22.6 Å². The molecule has 79 valence electrons. The molecule has 0 fully saturated rings. The third-order valence-electron chi connectivity index (χ3n) is 2.04. The largest absolute Gasteiger partial charge is 0.416 e. The lowest BCUT2D eigenvalue weighted by atomic mass is 10.2. The SMILES string of the molecule is Cn1[c]nc2c(Cl)cc(C(F)(F)F)cc21. The molecule has 0 aliphatic heterocycles. The van der Waals surface area contributed by atoms with Crippen molar-refractivity contribution in [2.45, 2.75) is 6.18 Å². The summed E-state index contributed by atoms with van der Waals surface area (Å²) in [6.07, 6.45) is -1.89. The molecular weight excluding hydrogens is 229 g/mol. The Balaban J connectivity index is 2.76. The molecule has 15 heavy (non-hydrogen) atoms. The number of nitrogens with zero attached hydrogens (tertiary/aromatic N) is 2. The molecule has 1 aromatic carbocycles. The maximum atomic E-state index is 12.4. The zero-order valence-corrected chi connectivity index (χ0v) is 8.32. The monoisotopic (exact) mass is 233 g/mol. The van der Waals surface area contributed by atoms with Crippen LogP contribution in [0, 0.1) is 6.33 Å². The predicted molar refractivity (Wildman–Crippen MR) is 49.6 cm³/mol. The first-order valence-corrected chi connectivity index (χ1v) is 4.38. The van der Waals surface area contributed by atoms with Gasteiger partial charge in [-0.3, -0.25) is 0 Å². The fourth-order valence-corrected chi connectivity index (χ4v) is 1.55. The summed E-state index contributed by atoms with van der Waals surface area (Å²) in [5, 5.41) is -0.0170. The standard InChI is InChI=1S/C9H5ClF3N2/c1-15-4-14-8-6(10)2-5(3-7(8)15)9(11,12)13/h2-3H,1H3. The maximum absolute atomic E-state index is 12.4. The van der Waals surface area contributed by atoms with Crippen LogP contribution in [-0.4, -0.2) is 9.55 Å². The molecule has 1 aromatic heterocycles. The molecule has 0 aliphatic carbocycles. The Morgan fingerprint density at radius 1 is 1.40 bits per heavy atom. The second-order valence-electron chi connectivity index (χ2n) is 3.09. The number of aryl methyl sites for hydroxylation is 1. The lowest BCUT2D eigenvalue weighted by Gasteiger charge is -2.07. The lowest BCUT2D eigenvalue weighted by molar-refractivity contribution is -0.137. The highest BCUT2D eigenvalue weighted by molar-refractivity contribution is 6.35. The molecule has 2 aromatic rings. The molecule has 0 bridgehead atoms. The first kappa shape index (κ1) is 10.3. The van der Waals surface area contributed by atoms with Gasteiger partial charge in [0.2, 0.25) is 0 Å². The molecule has 0 amide bonds. The zero-order chi connectivity index (χ0) is 11.2. The lowest BCUT2D eigenvalue weighted by Crippen LogP contribution is -2.05. The van der Waals surface area contributed by atoms with E-state index >= 15 is 0 Å². The Hall–Kier alpha value is -1.23. The number of alkyl halides is 3. The van der Waals surface area contributed by atoms with E-state index < -0.39 is 11.7 Å². The summed E-state index contributed by atoms with van der Waals surface area (Å²) in [6.45, 7) is 0. The van der Waals surface area contributed by atoms with E-state index in [4.69, 9.17) is 11.6 Å². The Morgan fingerprint density at radius 3 is 2.67 bits per heavy atom. The van der Waals surface area contributed by atoms with Gasteiger partial charge in [-0.15, -0.1) is 0 Å². The number of fused-ring (bicyclic) bond motifs is 1. The average Bonchev–Trinajstić information content (AvgIpc) is 2.47. The molecule has 0 saturated carbocycles. The summed E-state index contributed by atoms with van der Waals surface area (Å²) in [7, 11) is 1.56. The van der Waals surface area contributed by atoms with Crippen molar-refractivity contribution in [1.29, 1.82) is 0 Å². The summed E-state index contributed by atoms with van der Waals surface area (Å²) < 4.78 is 38.7. The van der Waals surface area contributed by atoms with Gasteiger partial charge >= 0.3 is 6.18 Å². The van der Waals surface area contributed by atoms with Crippen molar-refractivity contribution in [3.05, 3.63) is 29.0 Å². The van der Waals surface area contributed by atoms with Gasteiger partial charge in [-0.05, 0) is 12.1 Å². The topological polar surface area (TPSA) is 17.8 Å². The third-order valence-corrected chi connectivity index (χ3v) is 2.33. The van der Waals surface area contributed by atoms with Crippen LogP contribution in [0.25, 0.3) is 11.0 Å². The van der Waals surface area contributed by atoms with Crippen LogP contribution < -0.4 is 0 Å². The van der Waals surface area contributed by atoms with E-state index in [0.717, 1.165) is 12.1 Å². The molecule has 2 nitrogen and oxygen atoms in total. The van der Waals surface area contributed by atoms with Gasteiger partial charge in [0.1, 0.15) is 5.52 Å². The second kappa shape index (κ2) is 3.13. The van der Waals surface area contributed by atoms with E-state index in [1.54, 1.807) is 7.05 Å². The highest BCUT2D eigenvalue weighted by Crippen LogP contribution is 2.34. The Kier molecular flexibility index (Phi) is 2.15.